The normalized spacial score (nSPS) is 10.8. The molecule has 0 saturated carbocycles. The van der Waals surface area contributed by atoms with Gasteiger partial charge in [-0.05, 0) is 49.0 Å². The lowest BCUT2D eigenvalue weighted by atomic mass is 10.2. The molecule has 26 heavy (non-hydrogen) atoms. The molecule has 2 rings (SSSR count). The molecule has 0 fully saturated rings. The summed E-state index contributed by atoms with van der Waals surface area (Å²) in [6, 6.07) is 11.5. The monoisotopic (exact) mass is 361 g/mol. The Morgan fingerprint density at radius 2 is 1.50 bits per heavy atom. The second kappa shape index (κ2) is 9.05. The molecule has 0 atom stereocenters. The molecule has 0 aromatic heterocycles. The van der Waals surface area contributed by atoms with E-state index in [2.05, 4.69) is 0 Å². The Kier molecular flexibility index (Phi) is 6.80. The fraction of sp³-hybridized carbons (Fsp3) is 0.263. The lowest BCUT2D eigenvalue weighted by molar-refractivity contribution is -0.120. The topological polar surface area (TPSA) is 66.6 Å². The number of carbonyl (C=O) groups excluding carboxylic acids is 2. The molecule has 0 saturated heterocycles. The third kappa shape index (κ3) is 5.93. The fourth-order valence-corrected chi connectivity index (χ4v) is 2.51. The van der Waals surface area contributed by atoms with Crippen LogP contribution in [-0.2, 0) is 16.1 Å². The summed E-state index contributed by atoms with van der Waals surface area (Å²) in [6.45, 7) is 0.650. The third-order valence-electron chi connectivity index (χ3n) is 3.79. The molecule has 7 heteroatoms. The van der Waals surface area contributed by atoms with Crippen LogP contribution in [0.15, 0.2) is 48.5 Å². The second-order valence-corrected chi connectivity index (χ2v) is 6.04. The SMILES string of the molecule is CN(CC(=O)N(CCC(N)=O)c1ccc(F)cc1)Cc1ccc(F)cc1. The number of benzene rings is 2. The predicted molar refractivity (Wildman–Crippen MR) is 95.3 cm³/mol. The first-order valence-electron chi connectivity index (χ1n) is 8.12. The summed E-state index contributed by atoms with van der Waals surface area (Å²) in [4.78, 5) is 26.9. The Hall–Kier alpha value is -2.80. The number of nitrogens with zero attached hydrogens (tertiary/aromatic N) is 2. The Labute approximate surface area is 151 Å². The van der Waals surface area contributed by atoms with Crippen LogP contribution in [0.1, 0.15) is 12.0 Å². The van der Waals surface area contributed by atoms with E-state index >= 15 is 0 Å². The van der Waals surface area contributed by atoms with E-state index in [1.54, 1.807) is 24.1 Å². The molecular formula is C19H21F2N3O2. The summed E-state index contributed by atoms with van der Waals surface area (Å²) in [6.07, 6.45) is 0.00475. The van der Waals surface area contributed by atoms with Crippen molar-refractivity contribution in [3.05, 3.63) is 65.7 Å². The molecular weight excluding hydrogens is 340 g/mol. The van der Waals surface area contributed by atoms with Crippen LogP contribution >= 0.6 is 0 Å². The van der Waals surface area contributed by atoms with Gasteiger partial charge in [0.25, 0.3) is 0 Å². The van der Waals surface area contributed by atoms with Crippen LogP contribution in [0, 0.1) is 11.6 Å². The molecule has 0 aliphatic heterocycles. The zero-order valence-corrected chi connectivity index (χ0v) is 14.5. The molecule has 0 aliphatic rings. The van der Waals surface area contributed by atoms with E-state index < -0.39 is 11.7 Å². The summed E-state index contributed by atoms with van der Waals surface area (Å²) in [5, 5.41) is 0. The van der Waals surface area contributed by atoms with Gasteiger partial charge >= 0.3 is 0 Å². The van der Waals surface area contributed by atoms with E-state index in [-0.39, 0.29) is 31.2 Å². The van der Waals surface area contributed by atoms with Crippen molar-refractivity contribution in [3.63, 3.8) is 0 Å². The first-order chi connectivity index (χ1) is 12.3. The highest BCUT2D eigenvalue weighted by atomic mass is 19.1. The highest BCUT2D eigenvalue weighted by Crippen LogP contribution is 2.16. The number of hydrogen-bond acceptors (Lipinski definition) is 3. The summed E-state index contributed by atoms with van der Waals surface area (Å²) >= 11 is 0. The smallest absolute Gasteiger partial charge is 0.241 e. The van der Waals surface area contributed by atoms with Crippen molar-refractivity contribution >= 4 is 17.5 Å². The van der Waals surface area contributed by atoms with Gasteiger partial charge in [-0.3, -0.25) is 14.5 Å². The van der Waals surface area contributed by atoms with E-state index in [1.165, 1.54) is 41.3 Å². The van der Waals surface area contributed by atoms with Gasteiger partial charge in [0.1, 0.15) is 11.6 Å². The van der Waals surface area contributed by atoms with Crippen molar-refractivity contribution in [2.24, 2.45) is 5.73 Å². The lowest BCUT2D eigenvalue weighted by Crippen LogP contribution is -2.40. The van der Waals surface area contributed by atoms with E-state index in [4.69, 9.17) is 5.73 Å². The van der Waals surface area contributed by atoms with E-state index in [0.29, 0.717) is 12.2 Å². The van der Waals surface area contributed by atoms with Crippen molar-refractivity contribution in [3.8, 4) is 0 Å². The number of anilines is 1. The number of carbonyl (C=O) groups is 2. The molecule has 2 aromatic rings. The maximum atomic E-state index is 13.1. The third-order valence-corrected chi connectivity index (χ3v) is 3.79. The maximum absolute atomic E-state index is 13.1. The number of nitrogens with two attached hydrogens (primary N) is 1. The van der Waals surface area contributed by atoms with E-state index in [1.807, 2.05) is 0 Å². The van der Waals surface area contributed by atoms with Crippen LogP contribution in [0.5, 0.6) is 0 Å². The first-order valence-corrected chi connectivity index (χ1v) is 8.12. The van der Waals surface area contributed by atoms with Crippen LogP contribution in [0.3, 0.4) is 0 Å². The van der Waals surface area contributed by atoms with Crippen molar-refractivity contribution in [2.45, 2.75) is 13.0 Å². The molecule has 2 N–H and O–H groups in total. The van der Waals surface area contributed by atoms with Crippen molar-refractivity contribution in [1.82, 2.24) is 4.90 Å². The highest BCUT2D eigenvalue weighted by molar-refractivity contribution is 5.95. The van der Waals surface area contributed by atoms with Crippen LogP contribution in [0.2, 0.25) is 0 Å². The fourth-order valence-electron chi connectivity index (χ4n) is 2.51. The van der Waals surface area contributed by atoms with Gasteiger partial charge in [0.15, 0.2) is 0 Å². The van der Waals surface area contributed by atoms with Crippen LogP contribution in [0.4, 0.5) is 14.5 Å². The lowest BCUT2D eigenvalue weighted by Gasteiger charge is -2.25. The predicted octanol–water partition coefficient (Wildman–Crippen LogP) is 2.31. The van der Waals surface area contributed by atoms with Crippen molar-refractivity contribution in [1.29, 1.82) is 0 Å². The van der Waals surface area contributed by atoms with Crippen molar-refractivity contribution < 1.29 is 18.4 Å². The second-order valence-electron chi connectivity index (χ2n) is 6.04. The van der Waals surface area contributed by atoms with Gasteiger partial charge in [-0.25, -0.2) is 8.78 Å². The number of hydrogen-bond donors (Lipinski definition) is 1. The van der Waals surface area contributed by atoms with Gasteiger partial charge < -0.3 is 10.6 Å². The van der Waals surface area contributed by atoms with Gasteiger partial charge in [-0.15, -0.1) is 0 Å². The molecule has 0 unspecified atom stereocenters. The van der Waals surface area contributed by atoms with Gasteiger partial charge in [0, 0.05) is 25.2 Å². The summed E-state index contributed by atoms with van der Waals surface area (Å²) in [5.41, 5.74) is 6.54. The summed E-state index contributed by atoms with van der Waals surface area (Å²) in [7, 11) is 1.76. The van der Waals surface area contributed by atoms with Gasteiger partial charge in [-0.2, -0.15) is 0 Å². The number of amides is 2. The number of likely N-dealkylation sites (N-methyl/N-ethyl adjacent to an activating group) is 1. The van der Waals surface area contributed by atoms with Crippen molar-refractivity contribution in [2.75, 3.05) is 25.0 Å². The molecule has 5 nitrogen and oxygen atoms in total. The molecule has 0 spiro atoms. The average molecular weight is 361 g/mol. The maximum Gasteiger partial charge on any atom is 0.241 e. The summed E-state index contributed by atoms with van der Waals surface area (Å²) < 4.78 is 26.1. The Morgan fingerprint density at radius 3 is 2.04 bits per heavy atom. The quantitative estimate of drug-likeness (QED) is 0.785. The minimum Gasteiger partial charge on any atom is -0.370 e. The minimum atomic E-state index is -0.524. The molecule has 138 valence electrons. The van der Waals surface area contributed by atoms with E-state index in [0.717, 1.165) is 5.56 Å². The van der Waals surface area contributed by atoms with Crippen LogP contribution < -0.4 is 10.6 Å². The minimum absolute atomic E-state index is 0.00475. The molecule has 0 aliphatic carbocycles. The number of halogens is 2. The molecule has 2 amide bonds. The molecule has 0 bridgehead atoms. The zero-order chi connectivity index (χ0) is 19.1. The van der Waals surface area contributed by atoms with Crippen LogP contribution in [-0.4, -0.2) is 36.9 Å². The van der Waals surface area contributed by atoms with Gasteiger partial charge in [0.2, 0.25) is 11.8 Å². The first kappa shape index (κ1) is 19.5. The van der Waals surface area contributed by atoms with Crippen LogP contribution in [0.25, 0.3) is 0 Å². The van der Waals surface area contributed by atoms with E-state index in [9.17, 15) is 18.4 Å². The summed E-state index contributed by atoms with van der Waals surface area (Å²) in [5.74, 6) is -1.50. The Morgan fingerprint density at radius 1 is 0.962 bits per heavy atom. The zero-order valence-electron chi connectivity index (χ0n) is 14.5. The Bertz CT molecular complexity index is 748. The number of primary amides is 1. The standard InChI is InChI=1S/C19H21F2N3O2/c1-23(12-14-2-4-15(20)5-3-14)13-19(26)24(11-10-18(22)25)17-8-6-16(21)7-9-17/h2-9H,10-13H2,1H3,(H2,22,25). The van der Waals surface area contributed by atoms with Gasteiger partial charge in [-0.1, -0.05) is 12.1 Å². The largest absolute Gasteiger partial charge is 0.370 e. The Balaban J connectivity index is 2.05. The molecule has 2 aromatic carbocycles. The number of rotatable bonds is 8. The average Bonchev–Trinajstić information content (AvgIpc) is 2.58. The highest BCUT2D eigenvalue weighted by Gasteiger charge is 2.18. The molecule has 0 radical (unpaired) electrons. The molecule has 0 heterocycles. The van der Waals surface area contributed by atoms with Gasteiger partial charge in [0.05, 0.1) is 6.54 Å².